The quantitative estimate of drug-likeness (QED) is 0.652. The Morgan fingerprint density at radius 2 is 1.83 bits per heavy atom. The zero-order valence-corrected chi connectivity index (χ0v) is 12.8. The van der Waals surface area contributed by atoms with E-state index in [9.17, 15) is 0 Å². The van der Waals surface area contributed by atoms with E-state index in [0.717, 1.165) is 6.54 Å². The molecule has 18 heavy (non-hydrogen) atoms. The van der Waals surface area contributed by atoms with E-state index in [1.54, 1.807) is 0 Å². The van der Waals surface area contributed by atoms with Crippen molar-refractivity contribution in [3.8, 4) is 0 Å². The van der Waals surface area contributed by atoms with Crippen LogP contribution in [0.5, 0.6) is 0 Å². The highest BCUT2D eigenvalue weighted by molar-refractivity contribution is 7.99. The maximum absolute atomic E-state index is 3.66. The summed E-state index contributed by atoms with van der Waals surface area (Å²) >= 11 is 2.13. The number of thioether (sulfide) groups is 1. The minimum absolute atomic E-state index is 0.489. The Balaban J connectivity index is 2.68. The highest BCUT2D eigenvalue weighted by Gasteiger charge is 2.20. The number of benzene rings is 1. The second-order valence-electron chi connectivity index (χ2n) is 4.62. The fraction of sp³-hybridized carbons (Fsp3) is 0.625. The van der Waals surface area contributed by atoms with Crippen LogP contribution in [0.4, 0.5) is 0 Å². The molecule has 1 aromatic rings. The lowest BCUT2D eigenvalue weighted by Gasteiger charge is -2.27. The first-order chi connectivity index (χ1) is 8.83. The third-order valence-electron chi connectivity index (χ3n) is 3.19. The summed E-state index contributed by atoms with van der Waals surface area (Å²) in [5.41, 5.74) is 1.43. The predicted molar refractivity (Wildman–Crippen MR) is 84.3 cm³/mol. The third-order valence-corrected chi connectivity index (χ3v) is 4.74. The number of nitrogens with one attached hydrogen (secondary N) is 1. The molecular formula is C16H27NS. The van der Waals surface area contributed by atoms with Crippen molar-refractivity contribution in [2.45, 2.75) is 51.3 Å². The molecule has 1 aromatic carbocycles. The largest absolute Gasteiger partial charge is 0.309 e. The standard InChI is InChI=1S/C16H27NS/c1-4-7-13-18-15(5-2)16(17-6-3)14-11-9-8-10-12-14/h8-12,15-17H,4-7,13H2,1-3H3. The molecule has 0 amide bonds. The van der Waals surface area contributed by atoms with E-state index in [-0.39, 0.29) is 0 Å². The summed E-state index contributed by atoms with van der Waals surface area (Å²) in [5, 5.41) is 4.34. The molecule has 102 valence electrons. The second-order valence-corrected chi connectivity index (χ2v) is 5.96. The van der Waals surface area contributed by atoms with Crippen molar-refractivity contribution in [1.82, 2.24) is 5.32 Å². The highest BCUT2D eigenvalue weighted by atomic mass is 32.2. The van der Waals surface area contributed by atoms with E-state index < -0.39 is 0 Å². The molecule has 1 rings (SSSR count). The van der Waals surface area contributed by atoms with Gasteiger partial charge in [0, 0.05) is 11.3 Å². The number of unbranched alkanes of at least 4 members (excludes halogenated alkanes) is 1. The Hall–Kier alpha value is -0.470. The van der Waals surface area contributed by atoms with Crippen molar-refractivity contribution < 1.29 is 0 Å². The Morgan fingerprint density at radius 1 is 1.11 bits per heavy atom. The minimum atomic E-state index is 0.489. The van der Waals surface area contributed by atoms with Gasteiger partial charge < -0.3 is 5.32 Å². The van der Waals surface area contributed by atoms with Gasteiger partial charge >= 0.3 is 0 Å². The third kappa shape index (κ3) is 5.03. The summed E-state index contributed by atoms with van der Waals surface area (Å²) in [7, 11) is 0. The molecule has 2 atom stereocenters. The Morgan fingerprint density at radius 3 is 2.39 bits per heavy atom. The summed E-state index contributed by atoms with van der Waals surface area (Å²) < 4.78 is 0. The first kappa shape index (κ1) is 15.6. The van der Waals surface area contributed by atoms with E-state index in [1.165, 1.54) is 30.6 Å². The maximum atomic E-state index is 3.66. The van der Waals surface area contributed by atoms with Gasteiger partial charge in [0.25, 0.3) is 0 Å². The smallest absolute Gasteiger partial charge is 0.0440 e. The highest BCUT2D eigenvalue weighted by Crippen LogP contribution is 2.29. The van der Waals surface area contributed by atoms with Crippen molar-refractivity contribution in [3.05, 3.63) is 35.9 Å². The zero-order chi connectivity index (χ0) is 13.2. The summed E-state index contributed by atoms with van der Waals surface area (Å²) in [6, 6.07) is 11.4. The van der Waals surface area contributed by atoms with E-state index in [1.807, 2.05) is 0 Å². The Kier molecular flexibility index (Phi) is 8.19. The van der Waals surface area contributed by atoms with E-state index >= 15 is 0 Å². The van der Waals surface area contributed by atoms with Gasteiger partial charge in [-0.3, -0.25) is 0 Å². The first-order valence-corrected chi connectivity index (χ1v) is 8.28. The van der Waals surface area contributed by atoms with Crippen molar-refractivity contribution >= 4 is 11.8 Å². The summed E-state index contributed by atoms with van der Waals surface area (Å²) in [4.78, 5) is 0. The van der Waals surface area contributed by atoms with Crippen LogP contribution in [0.1, 0.15) is 51.6 Å². The van der Waals surface area contributed by atoms with Crippen molar-refractivity contribution in [2.75, 3.05) is 12.3 Å². The number of hydrogen-bond acceptors (Lipinski definition) is 2. The second kappa shape index (κ2) is 9.46. The first-order valence-electron chi connectivity index (χ1n) is 7.23. The lowest BCUT2D eigenvalue weighted by molar-refractivity contribution is 0.521. The van der Waals surface area contributed by atoms with Crippen molar-refractivity contribution in [1.29, 1.82) is 0 Å². The summed E-state index contributed by atoms with van der Waals surface area (Å²) in [6.45, 7) is 7.79. The van der Waals surface area contributed by atoms with Gasteiger partial charge in [0.05, 0.1) is 0 Å². The molecule has 0 heterocycles. The van der Waals surface area contributed by atoms with Gasteiger partial charge in [-0.25, -0.2) is 0 Å². The van der Waals surface area contributed by atoms with E-state index in [0.29, 0.717) is 11.3 Å². The van der Waals surface area contributed by atoms with Gasteiger partial charge in [0.2, 0.25) is 0 Å². The van der Waals surface area contributed by atoms with Gasteiger partial charge in [-0.1, -0.05) is 57.5 Å². The number of hydrogen-bond donors (Lipinski definition) is 1. The monoisotopic (exact) mass is 265 g/mol. The van der Waals surface area contributed by atoms with Crippen LogP contribution in [0.25, 0.3) is 0 Å². The molecule has 0 aliphatic carbocycles. The van der Waals surface area contributed by atoms with Crippen LogP contribution in [-0.4, -0.2) is 17.5 Å². The normalized spacial score (nSPS) is 14.4. The average Bonchev–Trinajstić information content (AvgIpc) is 2.43. The van der Waals surface area contributed by atoms with Gasteiger partial charge in [-0.2, -0.15) is 11.8 Å². The summed E-state index contributed by atoms with van der Waals surface area (Å²) in [6.07, 6.45) is 3.84. The SMILES string of the molecule is CCCCSC(CC)C(NCC)c1ccccc1. The molecule has 0 saturated carbocycles. The molecule has 0 radical (unpaired) electrons. The Labute approximate surface area is 117 Å². The Bertz CT molecular complexity index is 299. The minimum Gasteiger partial charge on any atom is -0.309 e. The van der Waals surface area contributed by atoms with E-state index in [4.69, 9.17) is 0 Å². The van der Waals surface area contributed by atoms with Crippen LogP contribution >= 0.6 is 11.8 Å². The molecular weight excluding hydrogens is 238 g/mol. The molecule has 0 saturated heterocycles. The average molecular weight is 265 g/mol. The molecule has 0 aliphatic rings. The molecule has 0 spiro atoms. The van der Waals surface area contributed by atoms with Gasteiger partial charge in [-0.15, -0.1) is 0 Å². The van der Waals surface area contributed by atoms with Crippen LogP contribution < -0.4 is 5.32 Å². The topological polar surface area (TPSA) is 12.0 Å². The van der Waals surface area contributed by atoms with E-state index in [2.05, 4.69) is 68.2 Å². The maximum Gasteiger partial charge on any atom is 0.0440 e. The van der Waals surface area contributed by atoms with Gasteiger partial charge in [0.15, 0.2) is 0 Å². The summed E-state index contributed by atoms with van der Waals surface area (Å²) in [5.74, 6) is 1.28. The van der Waals surface area contributed by atoms with Gasteiger partial charge in [-0.05, 0) is 30.7 Å². The fourth-order valence-electron chi connectivity index (χ4n) is 2.17. The van der Waals surface area contributed by atoms with Gasteiger partial charge in [0.1, 0.15) is 0 Å². The molecule has 0 aliphatic heterocycles. The van der Waals surface area contributed by atoms with Crippen LogP contribution in [0.2, 0.25) is 0 Å². The fourth-order valence-corrected chi connectivity index (χ4v) is 3.61. The van der Waals surface area contributed by atoms with Crippen molar-refractivity contribution in [3.63, 3.8) is 0 Å². The predicted octanol–water partition coefficient (Wildman–Crippen LogP) is 4.65. The molecule has 0 aromatic heterocycles. The zero-order valence-electron chi connectivity index (χ0n) is 12.0. The van der Waals surface area contributed by atoms with Crippen molar-refractivity contribution in [2.24, 2.45) is 0 Å². The van der Waals surface area contributed by atoms with Crippen LogP contribution in [-0.2, 0) is 0 Å². The molecule has 2 unspecified atom stereocenters. The lowest BCUT2D eigenvalue weighted by atomic mass is 10.0. The molecule has 1 nitrogen and oxygen atoms in total. The lowest BCUT2D eigenvalue weighted by Crippen LogP contribution is -2.30. The van der Waals surface area contributed by atoms with Crippen LogP contribution in [0.15, 0.2) is 30.3 Å². The molecule has 1 N–H and O–H groups in total. The molecule has 2 heteroatoms. The molecule has 0 bridgehead atoms. The van der Waals surface area contributed by atoms with Crippen LogP contribution in [0, 0.1) is 0 Å². The number of rotatable bonds is 9. The van der Waals surface area contributed by atoms with Crippen LogP contribution in [0.3, 0.4) is 0 Å². The molecule has 0 fully saturated rings.